The minimum absolute atomic E-state index is 0.551. The first kappa shape index (κ1) is 31.8. The zero-order chi connectivity index (χ0) is 37.0. The van der Waals surface area contributed by atoms with Gasteiger partial charge in [0.25, 0.3) is 0 Å². The molecule has 0 saturated carbocycles. The van der Waals surface area contributed by atoms with Crippen LogP contribution in [0.3, 0.4) is 0 Å². The summed E-state index contributed by atoms with van der Waals surface area (Å²) in [6, 6.07) is 63.5. The van der Waals surface area contributed by atoms with Crippen molar-refractivity contribution in [3.05, 3.63) is 194 Å². The van der Waals surface area contributed by atoms with Crippen molar-refractivity contribution in [2.75, 3.05) is 0 Å². The highest BCUT2D eigenvalue weighted by atomic mass is 15.2. The van der Waals surface area contributed by atoms with Crippen LogP contribution in [-0.4, -0.2) is 29.1 Å². The molecule has 0 atom stereocenters. The molecule has 4 aromatic heterocycles. The molecule has 6 heteroatoms. The van der Waals surface area contributed by atoms with Crippen LogP contribution in [0.1, 0.15) is 0 Å². The number of para-hydroxylation sites is 4. The van der Waals surface area contributed by atoms with Crippen molar-refractivity contribution in [1.29, 1.82) is 0 Å². The maximum absolute atomic E-state index is 5.40. The van der Waals surface area contributed by atoms with Crippen LogP contribution in [0.25, 0.3) is 100 Å². The molecule has 7 aromatic carbocycles. The summed E-state index contributed by atoms with van der Waals surface area (Å²) in [7, 11) is 0. The molecule has 262 valence electrons. The lowest BCUT2D eigenvalue weighted by atomic mass is 9.94. The predicted octanol–water partition coefficient (Wildman–Crippen LogP) is 12.1. The molecule has 56 heavy (non-hydrogen) atoms. The highest BCUT2D eigenvalue weighted by molar-refractivity contribution is 6.10. The Labute approximate surface area is 322 Å². The van der Waals surface area contributed by atoms with E-state index in [1.54, 1.807) is 0 Å². The summed E-state index contributed by atoms with van der Waals surface area (Å²) >= 11 is 0. The average Bonchev–Trinajstić information content (AvgIpc) is 3.80. The summed E-state index contributed by atoms with van der Waals surface area (Å²) in [5, 5.41) is 4.51. The molecule has 0 bridgehead atoms. The molecule has 11 rings (SSSR count). The van der Waals surface area contributed by atoms with E-state index in [4.69, 9.17) is 15.0 Å². The summed E-state index contributed by atoms with van der Waals surface area (Å²) in [4.78, 5) is 20.7. The third-order valence-electron chi connectivity index (χ3n) is 10.7. The molecule has 0 aliphatic heterocycles. The van der Waals surface area contributed by atoms with Crippen molar-refractivity contribution in [3.63, 3.8) is 0 Å². The van der Waals surface area contributed by atoms with Gasteiger partial charge in [0.2, 0.25) is 5.95 Å². The predicted molar refractivity (Wildman–Crippen MR) is 228 cm³/mol. The lowest BCUT2D eigenvalue weighted by Crippen LogP contribution is -2.08. The van der Waals surface area contributed by atoms with Crippen LogP contribution in [0.4, 0.5) is 0 Å². The third-order valence-corrected chi connectivity index (χ3v) is 10.7. The van der Waals surface area contributed by atoms with Gasteiger partial charge in [-0.3, -0.25) is 9.55 Å². The fraction of sp³-hybridized carbons (Fsp3) is 0. The number of hydrogen-bond acceptors (Lipinski definition) is 4. The first-order chi connectivity index (χ1) is 27.8. The van der Waals surface area contributed by atoms with Crippen LogP contribution in [0, 0.1) is 0 Å². The smallest absolute Gasteiger partial charge is 0.238 e. The van der Waals surface area contributed by atoms with E-state index in [0.29, 0.717) is 17.6 Å². The Balaban J connectivity index is 1.22. The summed E-state index contributed by atoms with van der Waals surface area (Å²) in [5.41, 5.74) is 11.4. The van der Waals surface area contributed by atoms with Gasteiger partial charge in [-0.15, -0.1) is 0 Å². The molecule has 0 fully saturated rings. The third kappa shape index (κ3) is 5.11. The maximum atomic E-state index is 5.40. The van der Waals surface area contributed by atoms with Crippen LogP contribution < -0.4 is 0 Å². The topological polar surface area (TPSA) is 61.4 Å². The quantitative estimate of drug-likeness (QED) is 0.172. The molecule has 0 aliphatic rings. The van der Waals surface area contributed by atoms with Crippen LogP contribution in [0.2, 0.25) is 0 Å². The van der Waals surface area contributed by atoms with Gasteiger partial charge in [0.05, 0.1) is 27.8 Å². The molecule has 0 radical (unpaired) electrons. The Morgan fingerprint density at radius 2 is 0.875 bits per heavy atom. The first-order valence-electron chi connectivity index (χ1n) is 18.7. The van der Waals surface area contributed by atoms with Crippen LogP contribution in [0.5, 0.6) is 0 Å². The van der Waals surface area contributed by atoms with Crippen LogP contribution >= 0.6 is 0 Å². The van der Waals surface area contributed by atoms with Gasteiger partial charge in [-0.2, -0.15) is 9.97 Å². The van der Waals surface area contributed by atoms with Crippen molar-refractivity contribution in [1.82, 2.24) is 29.1 Å². The van der Waals surface area contributed by atoms with E-state index >= 15 is 0 Å². The molecular formula is C50H32N6. The number of aromatic nitrogens is 6. The lowest BCUT2D eigenvalue weighted by molar-refractivity contribution is 0.952. The second kappa shape index (κ2) is 13.0. The van der Waals surface area contributed by atoms with Crippen molar-refractivity contribution in [3.8, 4) is 56.7 Å². The Morgan fingerprint density at radius 3 is 1.57 bits per heavy atom. The largest absolute Gasteiger partial charge is 0.308 e. The number of fused-ring (bicyclic) bond motifs is 6. The van der Waals surface area contributed by atoms with Gasteiger partial charge in [0.1, 0.15) is 0 Å². The summed E-state index contributed by atoms with van der Waals surface area (Å²) in [5.74, 6) is 1.72. The highest BCUT2D eigenvalue weighted by Gasteiger charge is 2.22. The Kier molecular flexibility index (Phi) is 7.38. The Morgan fingerprint density at radius 1 is 0.339 bits per heavy atom. The first-order valence-corrected chi connectivity index (χ1v) is 18.7. The summed E-state index contributed by atoms with van der Waals surface area (Å²) < 4.78 is 4.48. The minimum atomic E-state index is 0.551. The van der Waals surface area contributed by atoms with Crippen molar-refractivity contribution in [2.24, 2.45) is 0 Å². The summed E-state index contributed by atoms with van der Waals surface area (Å²) in [6.45, 7) is 0. The number of rotatable bonds is 6. The van der Waals surface area contributed by atoms with Gasteiger partial charge in [-0.05, 0) is 70.8 Å². The zero-order valence-corrected chi connectivity index (χ0v) is 30.2. The van der Waals surface area contributed by atoms with E-state index in [2.05, 4.69) is 184 Å². The van der Waals surface area contributed by atoms with E-state index in [1.165, 1.54) is 0 Å². The van der Waals surface area contributed by atoms with Crippen LogP contribution in [-0.2, 0) is 0 Å². The number of hydrogen-bond donors (Lipinski definition) is 0. The second-order valence-corrected chi connectivity index (χ2v) is 13.9. The molecule has 0 amide bonds. The highest BCUT2D eigenvalue weighted by Crippen LogP contribution is 2.39. The normalized spacial score (nSPS) is 11.6. The number of nitrogens with zero attached hydrogens (tertiary/aromatic N) is 6. The van der Waals surface area contributed by atoms with E-state index < -0.39 is 0 Å². The standard InChI is InChI=1S/C50H32N6/c1-3-15-33(16-4-1)35-27-28-39(41(31-35)34-17-5-2-6-18-34)48-52-49(54-50(53-48)56-44-24-12-7-19-36(44)37-20-8-13-25-45(37)56)40-22-10-14-26-46(40)55-43-23-11-9-21-38(43)42-32-51-30-29-47(42)55/h1-32H. The molecule has 0 unspecified atom stereocenters. The van der Waals surface area contributed by atoms with E-state index in [1.807, 2.05) is 24.5 Å². The monoisotopic (exact) mass is 716 g/mol. The van der Waals surface area contributed by atoms with Gasteiger partial charge in [-0.1, -0.05) is 133 Å². The van der Waals surface area contributed by atoms with Crippen molar-refractivity contribution >= 4 is 43.6 Å². The Bertz CT molecular complexity index is 3150. The van der Waals surface area contributed by atoms with E-state index in [0.717, 1.165) is 82.7 Å². The van der Waals surface area contributed by atoms with Gasteiger partial charge >= 0.3 is 0 Å². The Hall–Kier alpha value is -7.70. The van der Waals surface area contributed by atoms with Crippen molar-refractivity contribution in [2.45, 2.75) is 0 Å². The van der Waals surface area contributed by atoms with E-state index in [-0.39, 0.29) is 0 Å². The molecule has 0 aliphatic carbocycles. The molecule has 0 N–H and O–H groups in total. The molecule has 11 aromatic rings. The minimum Gasteiger partial charge on any atom is -0.308 e. The average molecular weight is 717 g/mol. The second-order valence-electron chi connectivity index (χ2n) is 13.9. The van der Waals surface area contributed by atoms with E-state index in [9.17, 15) is 0 Å². The number of pyridine rings is 1. The van der Waals surface area contributed by atoms with Gasteiger partial charge < -0.3 is 4.57 Å². The molecule has 0 spiro atoms. The molecule has 6 nitrogen and oxygen atoms in total. The molecule has 4 heterocycles. The van der Waals surface area contributed by atoms with Gasteiger partial charge in [0.15, 0.2) is 11.6 Å². The molecule has 0 saturated heterocycles. The number of benzene rings is 7. The lowest BCUT2D eigenvalue weighted by Gasteiger charge is -2.16. The maximum Gasteiger partial charge on any atom is 0.238 e. The fourth-order valence-electron chi connectivity index (χ4n) is 8.18. The zero-order valence-electron chi connectivity index (χ0n) is 30.2. The van der Waals surface area contributed by atoms with Gasteiger partial charge in [-0.25, -0.2) is 4.98 Å². The van der Waals surface area contributed by atoms with Crippen molar-refractivity contribution < 1.29 is 0 Å². The SMILES string of the molecule is c1ccc(-c2ccc(-c3nc(-c4ccccc4-n4c5ccccc5c5cnccc54)nc(-n4c5ccccc5c5ccccc54)n3)c(-c3ccccc3)c2)cc1. The fourth-order valence-corrected chi connectivity index (χ4v) is 8.18. The van der Waals surface area contributed by atoms with Gasteiger partial charge in [0, 0.05) is 45.1 Å². The summed E-state index contributed by atoms with van der Waals surface area (Å²) in [6.07, 6.45) is 3.80. The van der Waals surface area contributed by atoms with Crippen LogP contribution in [0.15, 0.2) is 194 Å². The molecular weight excluding hydrogens is 685 g/mol.